The van der Waals surface area contributed by atoms with Gasteiger partial charge in [-0.15, -0.1) is 11.3 Å². The number of methoxy groups -OCH3 is 3. The lowest BCUT2D eigenvalue weighted by Gasteiger charge is -2.14. The smallest absolute Gasteiger partial charge is 0.261 e. The zero-order valence-electron chi connectivity index (χ0n) is 14.7. The molecule has 1 amide bonds. The van der Waals surface area contributed by atoms with Crippen molar-refractivity contribution in [1.82, 2.24) is 5.32 Å². The Labute approximate surface area is 146 Å². The number of aryl methyl sites for hydroxylation is 2. The third-order valence-corrected chi connectivity index (χ3v) is 4.94. The fourth-order valence-corrected chi connectivity index (χ4v) is 3.51. The van der Waals surface area contributed by atoms with Crippen LogP contribution in [-0.4, -0.2) is 27.2 Å². The molecule has 24 heavy (non-hydrogen) atoms. The number of amides is 1. The Kier molecular flexibility index (Phi) is 6.09. The van der Waals surface area contributed by atoms with Crippen LogP contribution in [0.4, 0.5) is 0 Å². The van der Waals surface area contributed by atoms with Crippen LogP contribution in [0, 0.1) is 6.92 Å². The van der Waals surface area contributed by atoms with Gasteiger partial charge in [0.1, 0.15) is 5.75 Å². The quantitative estimate of drug-likeness (QED) is 0.830. The van der Waals surface area contributed by atoms with Gasteiger partial charge < -0.3 is 19.5 Å². The minimum atomic E-state index is -0.0837. The molecule has 0 saturated heterocycles. The first-order valence-corrected chi connectivity index (χ1v) is 8.52. The predicted octanol–water partition coefficient (Wildman–Crippen LogP) is 3.57. The predicted molar refractivity (Wildman–Crippen MR) is 95.7 cm³/mol. The van der Waals surface area contributed by atoms with E-state index < -0.39 is 0 Å². The molecule has 1 aromatic carbocycles. The van der Waals surface area contributed by atoms with Gasteiger partial charge in [-0.3, -0.25) is 4.79 Å². The molecule has 1 aromatic heterocycles. The van der Waals surface area contributed by atoms with Gasteiger partial charge >= 0.3 is 0 Å². The summed E-state index contributed by atoms with van der Waals surface area (Å²) in [4.78, 5) is 14.3. The summed E-state index contributed by atoms with van der Waals surface area (Å²) in [7, 11) is 4.74. The van der Waals surface area contributed by atoms with E-state index >= 15 is 0 Å². The number of hydrogen-bond donors (Lipinski definition) is 1. The van der Waals surface area contributed by atoms with Crippen molar-refractivity contribution in [2.75, 3.05) is 21.3 Å². The minimum absolute atomic E-state index is 0.0837. The SMILES string of the molecule is CCc1cc(C(=O)NCc2cc(OC)c(OC)cc2OC)sc1C. The number of hydrogen-bond acceptors (Lipinski definition) is 5. The summed E-state index contributed by atoms with van der Waals surface area (Å²) in [5.74, 6) is 1.75. The van der Waals surface area contributed by atoms with Gasteiger partial charge in [0, 0.05) is 23.1 Å². The summed E-state index contributed by atoms with van der Waals surface area (Å²) in [5, 5.41) is 2.94. The van der Waals surface area contributed by atoms with E-state index in [2.05, 4.69) is 12.2 Å². The van der Waals surface area contributed by atoms with Crippen molar-refractivity contribution in [1.29, 1.82) is 0 Å². The lowest BCUT2D eigenvalue weighted by molar-refractivity contribution is 0.0954. The summed E-state index contributed by atoms with van der Waals surface area (Å²) < 4.78 is 16.0. The van der Waals surface area contributed by atoms with Crippen molar-refractivity contribution in [2.45, 2.75) is 26.8 Å². The molecule has 0 aliphatic carbocycles. The molecule has 5 nitrogen and oxygen atoms in total. The normalized spacial score (nSPS) is 10.4. The lowest BCUT2D eigenvalue weighted by Crippen LogP contribution is -2.22. The fourth-order valence-electron chi connectivity index (χ4n) is 2.48. The van der Waals surface area contributed by atoms with Gasteiger partial charge in [-0.05, 0) is 31.0 Å². The maximum atomic E-state index is 12.4. The van der Waals surface area contributed by atoms with Crippen LogP contribution >= 0.6 is 11.3 Å². The van der Waals surface area contributed by atoms with E-state index in [-0.39, 0.29) is 5.91 Å². The Morgan fingerprint density at radius 3 is 2.17 bits per heavy atom. The van der Waals surface area contributed by atoms with Gasteiger partial charge in [0.25, 0.3) is 5.91 Å². The molecule has 0 bridgehead atoms. The number of carbonyl (C=O) groups is 1. The lowest BCUT2D eigenvalue weighted by atomic mass is 10.1. The number of carbonyl (C=O) groups excluding carboxylic acids is 1. The molecule has 0 atom stereocenters. The van der Waals surface area contributed by atoms with E-state index in [4.69, 9.17) is 14.2 Å². The van der Waals surface area contributed by atoms with Crippen molar-refractivity contribution in [3.05, 3.63) is 39.1 Å². The Bertz CT molecular complexity index is 724. The molecule has 0 saturated carbocycles. The first-order chi connectivity index (χ1) is 11.5. The fraction of sp³-hybridized carbons (Fsp3) is 0.389. The van der Waals surface area contributed by atoms with Gasteiger partial charge in [0.05, 0.1) is 26.2 Å². The molecule has 0 fully saturated rings. The van der Waals surface area contributed by atoms with Crippen LogP contribution in [0.15, 0.2) is 18.2 Å². The van der Waals surface area contributed by atoms with Gasteiger partial charge in [-0.2, -0.15) is 0 Å². The number of nitrogens with one attached hydrogen (secondary N) is 1. The third-order valence-electron chi connectivity index (χ3n) is 3.85. The first kappa shape index (κ1) is 18.1. The Morgan fingerprint density at radius 2 is 1.62 bits per heavy atom. The van der Waals surface area contributed by atoms with Crippen molar-refractivity contribution >= 4 is 17.2 Å². The Hall–Kier alpha value is -2.21. The molecular weight excluding hydrogens is 326 g/mol. The van der Waals surface area contributed by atoms with Gasteiger partial charge in [-0.25, -0.2) is 0 Å². The topological polar surface area (TPSA) is 56.8 Å². The van der Waals surface area contributed by atoms with Crippen LogP contribution in [0.1, 0.15) is 32.6 Å². The van der Waals surface area contributed by atoms with Crippen molar-refractivity contribution in [3.8, 4) is 17.2 Å². The highest BCUT2D eigenvalue weighted by atomic mass is 32.1. The Morgan fingerprint density at radius 1 is 1.00 bits per heavy atom. The van der Waals surface area contributed by atoms with Crippen molar-refractivity contribution < 1.29 is 19.0 Å². The summed E-state index contributed by atoms with van der Waals surface area (Å²) in [6, 6.07) is 5.53. The largest absolute Gasteiger partial charge is 0.496 e. The summed E-state index contributed by atoms with van der Waals surface area (Å²) in [5.41, 5.74) is 2.04. The molecule has 1 N–H and O–H groups in total. The minimum Gasteiger partial charge on any atom is -0.496 e. The molecule has 130 valence electrons. The van der Waals surface area contributed by atoms with Gasteiger partial charge in [0.2, 0.25) is 0 Å². The Balaban J connectivity index is 2.16. The molecule has 0 unspecified atom stereocenters. The van der Waals surface area contributed by atoms with E-state index in [1.54, 1.807) is 27.4 Å². The maximum absolute atomic E-state index is 12.4. The zero-order valence-corrected chi connectivity index (χ0v) is 15.5. The molecule has 0 radical (unpaired) electrons. The summed E-state index contributed by atoms with van der Waals surface area (Å²) in [6.07, 6.45) is 0.930. The summed E-state index contributed by atoms with van der Waals surface area (Å²) in [6.45, 7) is 4.48. The van der Waals surface area contributed by atoms with Crippen LogP contribution < -0.4 is 19.5 Å². The number of ether oxygens (including phenoxy) is 3. The van der Waals surface area contributed by atoms with Gasteiger partial charge in [-0.1, -0.05) is 6.92 Å². The van der Waals surface area contributed by atoms with E-state index in [1.165, 1.54) is 21.8 Å². The molecule has 2 aromatic rings. The molecule has 0 spiro atoms. The molecule has 2 rings (SSSR count). The first-order valence-electron chi connectivity index (χ1n) is 7.70. The van der Waals surface area contributed by atoms with Crippen LogP contribution in [-0.2, 0) is 13.0 Å². The van der Waals surface area contributed by atoms with Gasteiger partial charge in [0.15, 0.2) is 11.5 Å². The van der Waals surface area contributed by atoms with Crippen molar-refractivity contribution in [2.24, 2.45) is 0 Å². The van der Waals surface area contributed by atoms with Crippen LogP contribution in [0.3, 0.4) is 0 Å². The van der Waals surface area contributed by atoms with Crippen LogP contribution in [0.25, 0.3) is 0 Å². The van der Waals surface area contributed by atoms with Crippen molar-refractivity contribution in [3.63, 3.8) is 0 Å². The van der Waals surface area contributed by atoms with E-state index in [1.807, 2.05) is 19.1 Å². The molecule has 0 aliphatic heterocycles. The molecular formula is C18H23NO4S. The standard InChI is InChI=1S/C18H23NO4S/c1-6-12-8-17(24-11(12)2)18(20)19-10-13-7-15(22-4)16(23-5)9-14(13)21-3/h7-9H,6,10H2,1-5H3,(H,19,20). The molecule has 1 heterocycles. The second-order valence-corrected chi connectivity index (χ2v) is 6.50. The maximum Gasteiger partial charge on any atom is 0.261 e. The van der Waals surface area contributed by atoms with E-state index in [0.717, 1.165) is 16.9 Å². The van der Waals surface area contributed by atoms with Crippen LogP contribution in [0.2, 0.25) is 0 Å². The monoisotopic (exact) mass is 349 g/mol. The summed E-state index contributed by atoms with van der Waals surface area (Å²) >= 11 is 1.52. The average Bonchev–Trinajstić information content (AvgIpc) is 2.99. The number of thiophene rings is 1. The molecule has 0 aliphatic rings. The number of benzene rings is 1. The highest BCUT2D eigenvalue weighted by molar-refractivity contribution is 7.14. The highest BCUT2D eigenvalue weighted by Crippen LogP contribution is 2.34. The van der Waals surface area contributed by atoms with Crippen LogP contribution in [0.5, 0.6) is 17.2 Å². The number of rotatable bonds is 7. The highest BCUT2D eigenvalue weighted by Gasteiger charge is 2.15. The second-order valence-electron chi connectivity index (χ2n) is 5.25. The second kappa shape index (κ2) is 8.06. The zero-order chi connectivity index (χ0) is 17.7. The van der Waals surface area contributed by atoms with E-state index in [9.17, 15) is 4.79 Å². The molecule has 6 heteroatoms. The average molecular weight is 349 g/mol. The third kappa shape index (κ3) is 3.82. The van der Waals surface area contributed by atoms with E-state index in [0.29, 0.717) is 23.8 Å².